The Morgan fingerprint density at radius 3 is 2.40 bits per heavy atom. The SMILES string of the molecule is CCCC1CCN(S(=O)(=O)N2CCCCC2CN)CC1. The van der Waals surface area contributed by atoms with Crippen LogP contribution in [-0.2, 0) is 10.2 Å². The van der Waals surface area contributed by atoms with Crippen LogP contribution >= 0.6 is 0 Å². The van der Waals surface area contributed by atoms with Crippen molar-refractivity contribution in [3.8, 4) is 0 Å². The zero-order valence-electron chi connectivity index (χ0n) is 12.6. The normalized spacial score (nSPS) is 27.8. The molecule has 5 nitrogen and oxygen atoms in total. The molecule has 0 bridgehead atoms. The molecular formula is C14H29N3O2S. The van der Waals surface area contributed by atoms with E-state index in [1.54, 1.807) is 8.61 Å². The Kier molecular flexibility index (Phi) is 5.84. The molecule has 2 aliphatic rings. The van der Waals surface area contributed by atoms with Gasteiger partial charge in [-0.25, -0.2) is 0 Å². The van der Waals surface area contributed by atoms with Crippen molar-refractivity contribution in [2.24, 2.45) is 11.7 Å². The van der Waals surface area contributed by atoms with Crippen molar-refractivity contribution in [3.63, 3.8) is 0 Å². The van der Waals surface area contributed by atoms with Gasteiger partial charge in [0.2, 0.25) is 0 Å². The summed E-state index contributed by atoms with van der Waals surface area (Å²) in [6.45, 7) is 4.63. The summed E-state index contributed by atoms with van der Waals surface area (Å²) in [6.07, 6.45) is 7.39. The molecule has 2 saturated heterocycles. The van der Waals surface area contributed by atoms with Crippen molar-refractivity contribution in [2.75, 3.05) is 26.2 Å². The van der Waals surface area contributed by atoms with E-state index in [1.165, 1.54) is 12.8 Å². The maximum Gasteiger partial charge on any atom is 0.282 e. The Hall–Kier alpha value is -0.170. The van der Waals surface area contributed by atoms with Crippen molar-refractivity contribution >= 4 is 10.2 Å². The molecule has 2 rings (SSSR count). The van der Waals surface area contributed by atoms with Gasteiger partial charge >= 0.3 is 0 Å². The highest BCUT2D eigenvalue weighted by Gasteiger charge is 2.37. The summed E-state index contributed by atoms with van der Waals surface area (Å²) in [5, 5.41) is 0. The van der Waals surface area contributed by atoms with Crippen LogP contribution in [0.3, 0.4) is 0 Å². The molecule has 1 atom stereocenters. The monoisotopic (exact) mass is 303 g/mol. The van der Waals surface area contributed by atoms with E-state index in [2.05, 4.69) is 6.92 Å². The van der Waals surface area contributed by atoms with E-state index in [4.69, 9.17) is 5.73 Å². The Balaban J connectivity index is 1.99. The average molecular weight is 303 g/mol. The van der Waals surface area contributed by atoms with Gasteiger partial charge in [0.1, 0.15) is 0 Å². The van der Waals surface area contributed by atoms with Crippen LogP contribution in [0.2, 0.25) is 0 Å². The first-order valence-corrected chi connectivity index (χ1v) is 9.46. The highest BCUT2D eigenvalue weighted by molar-refractivity contribution is 7.86. The number of hydrogen-bond acceptors (Lipinski definition) is 3. The van der Waals surface area contributed by atoms with Crippen molar-refractivity contribution in [1.29, 1.82) is 0 Å². The van der Waals surface area contributed by atoms with Crippen molar-refractivity contribution in [2.45, 2.75) is 57.9 Å². The maximum atomic E-state index is 12.8. The third-order valence-corrected chi connectivity index (χ3v) is 6.83. The van der Waals surface area contributed by atoms with Crippen LogP contribution in [0.4, 0.5) is 0 Å². The quantitative estimate of drug-likeness (QED) is 0.838. The highest BCUT2D eigenvalue weighted by Crippen LogP contribution is 2.27. The summed E-state index contributed by atoms with van der Waals surface area (Å²) in [7, 11) is -3.30. The molecule has 118 valence electrons. The highest BCUT2D eigenvalue weighted by atomic mass is 32.2. The molecule has 2 aliphatic heterocycles. The fourth-order valence-electron chi connectivity index (χ4n) is 3.50. The first-order chi connectivity index (χ1) is 9.59. The van der Waals surface area contributed by atoms with E-state index >= 15 is 0 Å². The zero-order valence-corrected chi connectivity index (χ0v) is 13.4. The summed E-state index contributed by atoms with van der Waals surface area (Å²) < 4.78 is 28.9. The minimum atomic E-state index is -3.30. The molecule has 20 heavy (non-hydrogen) atoms. The number of piperidine rings is 2. The van der Waals surface area contributed by atoms with E-state index in [0.29, 0.717) is 32.1 Å². The van der Waals surface area contributed by atoms with Gasteiger partial charge in [0.15, 0.2) is 0 Å². The second-order valence-electron chi connectivity index (χ2n) is 6.13. The molecule has 0 aromatic carbocycles. The largest absolute Gasteiger partial charge is 0.329 e. The lowest BCUT2D eigenvalue weighted by atomic mass is 9.94. The summed E-state index contributed by atoms with van der Waals surface area (Å²) >= 11 is 0. The molecule has 1 unspecified atom stereocenters. The van der Waals surface area contributed by atoms with E-state index in [0.717, 1.165) is 32.1 Å². The fourth-order valence-corrected chi connectivity index (χ4v) is 5.40. The lowest BCUT2D eigenvalue weighted by molar-refractivity contribution is 0.209. The standard InChI is InChI=1S/C14H29N3O2S/c1-2-5-13-7-10-16(11-8-13)20(18,19)17-9-4-3-6-14(17)12-15/h13-14H,2-12,15H2,1H3. The predicted molar refractivity (Wildman–Crippen MR) is 81.5 cm³/mol. The van der Waals surface area contributed by atoms with Gasteiger partial charge < -0.3 is 5.73 Å². The Labute approximate surface area is 123 Å². The molecule has 0 aromatic heterocycles. The molecular weight excluding hydrogens is 274 g/mol. The van der Waals surface area contributed by atoms with Crippen LogP contribution in [-0.4, -0.2) is 49.2 Å². The smallest absolute Gasteiger partial charge is 0.282 e. The Morgan fingerprint density at radius 1 is 1.10 bits per heavy atom. The summed E-state index contributed by atoms with van der Waals surface area (Å²) in [5.74, 6) is 0.707. The molecule has 0 spiro atoms. The number of rotatable bonds is 5. The van der Waals surface area contributed by atoms with E-state index in [1.807, 2.05) is 0 Å². The predicted octanol–water partition coefficient (Wildman–Crippen LogP) is 1.56. The summed E-state index contributed by atoms with van der Waals surface area (Å²) in [6, 6.07) is 0.00196. The molecule has 0 aromatic rings. The van der Waals surface area contributed by atoms with Crippen molar-refractivity contribution < 1.29 is 8.42 Å². The molecule has 6 heteroatoms. The van der Waals surface area contributed by atoms with Gasteiger partial charge in [-0.15, -0.1) is 0 Å². The van der Waals surface area contributed by atoms with Crippen LogP contribution in [0.5, 0.6) is 0 Å². The van der Waals surface area contributed by atoms with E-state index in [-0.39, 0.29) is 6.04 Å². The van der Waals surface area contributed by atoms with Gasteiger partial charge in [-0.2, -0.15) is 17.0 Å². The third kappa shape index (κ3) is 3.53. The number of hydrogen-bond donors (Lipinski definition) is 1. The zero-order chi connectivity index (χ0) is 14.6. The van der Waals surface area contributed by atoms with Gasteiger partial charge in [-0.1, -0.05) is 26.2 Å². The topological polar surface area (TPSA) is 66.6 Å². The molecule has 2 N–H and O–H groups in total. The lowest BCUT2D eigenvalue weighted by Crippen LogP contribution is -2.54. The lowest BCUT2D eigenvalue weighted by Gasteiger charge is -2.39. The first-order valence-electron chi connectivity index (χ1n) is 8.06. The van der Waals surface area contributed by atoms with Crippen LogP contribution in [0.15, 0.2) is 0 Å². The van der Waals surface area contributed by atoms with Gasteiger partial charge in [0.25, 0.3) is 10.2 Å². The summed E-state index contributed by atoms with van der Waals surface area (Å²) in [4.78, 5) is 0. The Morgan fingerprint density at radius 2 is 1.80 bits per heavy atom. The number of nitrogens with two attached hydrogens (primary N) is 1. The van der Waals surface area contributed by atoms with Gasteiger partial charge in [-0.05, 0) is 31.6 Å². The average Bonchev–Trinajstić information content (AvgIpc) is 2.48. The molecule has 0 radical (unpaired) electrons. The van der Waals surface area contributed by atoms with E-state index < -0.39 is 10.2 Å². The van der Waals surface area contributed by atoms with Crippen LogP contribution in [0.1, 0.15) is 51.9 Å². The minimum absolute atomic E-state index is 0.00196. The van der Waals surface area contributed by atoms with Crippen LogP contribution in [0.25, 0.3) is 0 Å². The second kappa shape index (κ2) is 7.20. The fraction of sp³-hybridized carbons (Fsp3) is 1.00. The molecule has 0 aliphatic carbocycles. The van der Waals surface area contributed by atoms with Gasteiger partial charge in [0.05, 0.1) is 0 Å². The maximum absolute atomic E-state index is 12.8. The molecule has 0 amide bonds. The van der Waals surface area contributed by atoms with Gasteiger partial charge in [0, 0.05) is 32.2 Å². The van der Waals surface area contributed by atoms with Crippen molar-refractivity contribution in [1.82, 2.24) is 8.61 Å². The number of nitrogens with zero attached hydrogens (tertiary/aromatic N) is 2. The molecule has 0 saturated carbocycles. The van der Waals surface area contributed by atoms with Crippen molar-refractivity contribution in [3.05, 3.63) is 0 Å². The van der Waals surface area contributed by atoms with Crippen LogP contribution < -0.4 is 5.73 Å². The third-order valence-electron chi connectivity index (χ3n) is 4.74. The van der Waals surface area contributed by atoms with Gasteiger partial charge in [-0.3, -0.25) is 0 Å². The second-order valence-corrected chi connectivity index (χ2v) is 8.02. The van der Waals surface area contributed by atoms with Crippen LogP contribution in [0, 0.1) is 5.92 Å². The Bertz CT molecular complexity index is 391. The van der Waals surface area contributed by atoms with E-state index in [9.17, 15) is 8.42 Å². The summed E-state index contributed by atoms with van der Waals surface area (Å²) in [5.41, 5.74) is 5.76. The first kappa shape index (κ1) is 16.2. The molecule has 2 fully saturated rings. The minimum Gasteiger partial charge on any atom is -0.329 e. The molecule has 2 heterocycles.